The molecular weight excluding hydrogens is 432 g/mol. The molecule has 178 valence electrons. The van der Waals surface area contributed by atoms with Gasteiger partial charge in [0.15, 0.2) is 0 Å². The van der Waals surface area contributed by atoms with Gasteiger partial charge in [0.25, 0.3) is 5.91 Å². The number of amides is 2. The minimum atomic E-state index is -0.112. The Morgan fingerprint density at radius 3 is 2.59 bits per heavy atom. The number of nitrogens with one attached hydrogen (secondary N) is 1. The number of nitrogens with zero attached hydrogens (tertiary/aromatic N) is 3. The second kappa shape index (κ2) is 11.0. The standard InChI is InChI=1S/C26H30N4O4/c1-3-34-16-4-14-27-26(32)21-7-5-19(6-8-21)18-29-24-17-23(28-30(24)15-13-25(29)31)20-9-11-22(33-2)12-10-20/h5-12,17H,3-4,13-16,18H2,1-2H3,(H,27,32). The summed E-state index contributed by atoms with van der Waals surface area (Å²) in [5.74, 6) is 1.51. The number of carbonyl (C=O) groups is 2. The van der Waals surface area contributed by atoms with E-state index in [0.717, 1.165) is 34.8 Å². The largest absolute Gasteiger partial charge is 0.497 e. The van der Waals surface area contributed by atoms with E-state index in [2.05, 4.69) is 5.32 Å². The van der Waals surface area contributed by atoms with E-state index in [1.165, 1.54) is 0 Å². The lowest BCUT2D eigenvalue weighted by Gasteiger charge is -2.27. The Morgan fingerprint density at radius 2 is 1.88 bits per heavy atom. The van der Waals surface area contributed by atoms with Crippen molar-refractivity contribution < 1.29 is 19.1 Å². The van der Waals surface area contributed by atoms with Crippen molar-refractivity contribution in [2.75, 3.05) is 31.8 Å². The molecule has 2 aromatic carbocycles. The molecule has 1 aliphatic rings. The minimum Gasteiger partial charge on any atom is -0.497 e. The summed E-state index contributed by atoms with van der Waals surface area (Å²) >= 11 is 0. The van der Waals surface area contributed by atoms with Crippen LogP contribution in [-0.2, 0) is 22.6 Å². The molecule has 1 aromatic heterocycles. The van der Waals surface area contributed by atoms with Gasteiger partial charge >= 0.3 is 0 Å². The van der Waals surface area contributed by atoms with Gasteiger partial charge in [0.2, 0.25) is 5.91 Å². The van der Waals surface area contributed by atoms with E-state index in [0.29, 0.717) is 44.8 Å². The zero-order chi connectivity index (χ0) is 23.9. The zero-order valence-electron chi connectivity index (χ0n) is 19.6. The van der Waals surface area contributed by atoms with E-state index in [-0.39, 0.29) is 11.8 Å². The van der Waals surface area contributed by atoms with Gasteiger partial charge in [-0.2, -0.15) is 5.10 Å². The van der Waals surface area contributed by atoms with Gasteiger partial charge in [0.05, 0.1) is 25.9 Å². The van der Waals surface area contributed by atoms with Gasteiger partial charge in [0.1, 0.15) is 11.6 Å². The molecule has 0 unspecified atom stereocenters. The third kappa shape index (κ3) is 5.46. The Hall–Kier alpha value is -3.65. The summed E-state index contributed by atoms with van der Waals surface area (Å²) < 4.78 is 12.4. The molecule has 0 atom stereocenters. The van der Waals surface area contributed by atoms with Gasteiger partial charge in [0, 0.05) is 43.4 Å². The molecule has 1 aliphatic heterocycles. The number of carbonyl (C=O) groups excluding carboxylic acids is 2. The van der Waals surface area contributed by atoms with Crippen LogP contribution in [0.3, 0.4) is 0 Å². The average molecular weight is 463 g/mol. The normalized spacial score (nSPS) is 13.0. The lowest BCUT2D eigenvalue weighted by molar-refractivity contribution is -0.119. The van der Waals surface area contributed by atoms with E-state index >= 15 is 0 Å². The summed E-state index contributed by atoms with van der Waals surface area (Å²) in [7, 11) is 1.64. The van der Waals surface area contributed by atoms with Crippen molar-refractivity contribution in [3.63, 3.8) is 0 Å². The van der Waals surface area contributed by atoms with Crippen LogP contribution in [-0.4, -0.2) is 48.5 Å². The van der Waals surface area contributed by atoms with E-state index in [9.17, 15) is 9.59 Å². The summed E-state index contributed by atoms with van der Waals surface area (Å²) in [5, 5.41) is 7.61. The topological polar surface area (TPSA) is 85.7 Å². The molecule has 1 N–H and O–H groups in total. The fourth-order valence-corrected chi connectivity index (χ4v) is 3.89. The van der Waals surface area contributed by atoms with Crippen LogP contribution in [0, 0.1) is 0 Å². The zero-order valence-corrected chi connectivity index (χ0v) is 19.6. The fraction of sp³-hybridized carbons (Fsp3) is 0.346. The first kappa shape index (κ1) is 23.5. The Balaban J connectivity index is 1.43. The van der Waals surface area contributed by atoms with Crippen molar-refractivity contribution in [1.29, 1.82) is 0 Å². The van der Waals surface area contributed by atoms with Crippen LogP contribution in [0.15, 0.2) is 54.6 Å². The van der Waals surface area contributed by atoms with Crippen molar-refractivity contribution in [2.45, 2.75) is 32.9 Å². The van der Waals surface area contributed by atoms with Crippen molar-refractivity contribution in [3.05, 3.63) is 65.7 Å². The Morgan fingerprint density at radius 1 is 1.12 bits per heavy atom. The molecule has 34 heavy (non-hydrogen) atoms. The molecule has 4 rings (SSSR count). The third-order valence-corrected chi connectivity index (χ3v) is 5.77. The van der Waals surface area contributed by atoms with E-state index < -0.39 is 0 Å². The Kier molecular flexibility index (Phi) is 7.59. The van der Waals surface area contributed by atoms with Crippen LogP contribution in [0.5, 0.6) is 5.75 Å². The molecule has 0 fully saturated rings. The van der Waals surface area contributed by atoms with Crippen LogP contribution in [0.1, 0.15) is 35.7 Å². The van der Waals surface area contributed by atoms with Crippen molar-refractivity contribution in [2.24, 2.45) is 0 Å². The monoisotopic (exact) mass is 462 g/mol. The first-order chi connectivity index (χ1) is 16.6. The molecule has 0 saturated heterocycles. The lowest BCUT2D eigenvalue weighted by Crippen LogP contribution is -2.36. The number of hydrogen-bond acceptors (Lipinski definition) is 5. The average Bonchev–Trinajstić information content (AvgIpc) is 3.31. The predicted octanol–water partition coefficient (Wildman–Crippen LogP) is 3.65. The van der Waals surface area contributed by atoms with Crippen LogP contribution in [0.4, 0.5) is 5.82 Å². The van der Waals surface area contributed by atoms with Crippen LogP contribution >= 0.6 is 0 Å². The maximum atomic E-state index is 12.8. The molecule has 0 aliphatic carbocycles. The number of benzene rings is 2. The van der Waals surface area contributed by atoms with Gasteiger partial charge in [-0.1, -0.05) is 12.1 Å². The summed E-state index contributed by atoms with van der Waals surface area (Å²) in [4.78, 5) is 26.8. The summed E-state index contributed by atoms with van der Waals surface area (Å²) in [6, 6.07) is 17.0. The van der Waals surface area contributed by atoms with Crippen LogP contribution in [0.2, 0.25) is 0 Å². The number of fused-ring (bicyclic) bond motifs is 1. The van der Waals surface area contributed by atoms with Crippen molar-refractivity contribution >= 4 is 17.6 Å². The molecule has 8 nitrogen and oxygen atoms in total. The summed E-state index contributed by atoms with van der Waals surface area (Å²) in [5.41, 5.74) is 3.32. The minimum absolute atomic E-state index is 0.0600. The first-order valence-corrected chi connectivity index (χ1v) is 11.6. The number of hydrogen-bond donors (Lipinski definition) is 1. The number of aromatic nitrogens is 2. The van der Waals surface area contributed by atoms with Gasteiger partial charge in [-0.05, 0) is 55.3 Å². The number of ether oxygens (including phenoxy) is 2. The van der Waals surface area contributed by atoms with E-state index in [1.54, 1.807) is 24.1 Å². The molecule has 0 spiro atoms. The summed E-state index contributed by atoms with van der Waals surface area (Å²) in [6.07, 6.45) is 1.18. The van der Waals surface area contributed by atoms with Crippen molar-refractivity contribution in [1.82, 2.24) is 15.1 Å². The predicted molar refractivity (Wildman–Crippen MR) is 130 cm³/mol. The van der Waals surface area contributed by atoms with Crippen LogP contribution < -0.4 is 15.0 Å². The Bertz CT molecular complexity index is 1120. The molecule has 2 amide bonds. The highest BCUT2D eigenvalue weighted by Gasteiger charge is 2.26. The van der Waals surface area contributed by atoms with Crippen molar-refractivity contribution in [3.8, 4) is 17.0 Å². The van der Waals surface area contributed by atoms with Gasteiger partial charge in [-0.25, -0.2) is 4.68 Å². The molecule has 8 heteroatoms. The molecular formula is C26H30N4O4. The van der Waals surface area contributed by atoms with E-state index in [1.807, 2.05) is 54.1 Å². The maximum Gasteiger partial charge on any atom is 0.251 e. The van der Waals surface area contributed by atoms with Gasteiger partial charge in [-0.15, -0.1) is 0 Å². The quantitative estimate of drug-likeness (QED) is 0.465. The fourth-order valence-electron chi connectivity index (χ4n) is 3.89. The molecule has 2 heterocycles. The van der Waals surface area contributed by atoms with Gasteiger partial charge in [-0.3, -0.25) is 14.5 Å². The highest BCUT2D eigenvalue weighted by molar-refractivity contribution is 5.95. The number of aryl methyl sites for hydroxylation is 1. The third-order valence-electron chi connectivity index (χ3n) is 5.77. The number of rotatable bonds is 10. The number of methoxy groups -OCH3 is 1. The first-order valence-electron chi connectivity index (χ1n) is 11.6. The van der Waals surface area contributed by atoms with Gasteiger partial charge < -0.3 is 14.8 Å². The smallest absolute Gasteiger partial charge is 0.251 e. The second-order valence-electron chi connectivity index (χ2n) is 8.07. The SMILES string of the molecule is CCOCCCNC(=O)c1ccc(CN2C(=O)CCn3nc(-c4ccc(OC)cc4)cc32)cc1. The molecule has 0 radical (unpaired) electrons. The van der Waals surface area contributed by atoms with Crippen LogP contribution in [0.25, 0.3) is 11.3 Å². The van der Waals surface area contributed by atoms with E-state index in [4.69, 9.17) is 14.6 Å². The number of anilines is 1. The molecule has 0 saturated carbocycles. The summed E-state index contributed by atoms with van der Waals surface area (Å²) in [6.45, 7) is 4.82. The maximum absolute atomic E-state index is 12.8. The molecule has 3 aromatic rings. The Labute approximate surface area is 199 Å². The highest BCUT2D eigenvalue weighted by atomic mass is 16.5. The highest BCUT2D eigenvalue weighted by Crippen LogP contribution is 2.30. The second-order valence-corrected chi connectivity index (χ2v) is 8.07. The lowest BCUT2D eigenvalue weighted by atomic mass is 10.1. The molecule has 0 bridgehead atoms.